The fourth-order valence-corrected chi connectivity index (χ4v) is 0.911. The summed E-state index contributed by atoms with van der Waals surface area (Å²) in [5.41, 5.74) is 0. The third-order valence-electron chi connectivity index (χ3n) is 1.37. The van der Waals surface area contributed by atoms with Crippen LogP contribution in [0.5, 0.6) is 0 Å². The Hall–Kier alpha value is -0.960. The Labute approximate surface area is 95.2 Å². The molecule has 0 heterocycles. The van der Waals surface area contributed by atoms with Gasteiger partial charge in [-0.3, -0.25) is 8.98 Å². The van der Waals surface area contributed by atoms with Crippen molar-refractivity contribution in [1.29, 1.82) is 0 Å². The Morgan fingerprint density at radius 1 is 1.44 bits per heavy atom. The Morgan fingerprint density at radius 3 is 2.44 bits per heavy atom. The number of rotatable bonds is 6. The van der Waals surface area contributed by atoms with E-state index in [0.717, 1.165) is 0 Å². The van der Waals surface area contributed by atoms with E-state index in [1.54, 1.807) is 6.08 Å². The van der Waals surface area contributed by atoms with Crippen molar-refractivity contribution in [2.45, 2.75) is 0 Å². The molecule has 94 valence electrons. The minimum atomic E-state index is -4.76. The molecule has 0 saturated heterocycles. The lowest BCUT2D eigenvalue weighted by atomic mass is 10.4. The molecule has 0 atom stereocenters. The molecule has 1 N–H and O–H groups in total. The predicted molar refractivity (Wildman–Crippen MR) is 55.8 cm³/mol. The van der Waals surface area contributed by atoms with Gasteiger partial charge in [-0.15, -0.1) is 0 Å². The average molecular weight is 252 g/mol. The van der Waals surface area contributed by atoms with Gasteiger partial charge in [0.2, 0.25) is 16.3 Å². The molecule has 0 unspecified atom stereocenters. The Kier molecular flexibility index (Phi) is 5.59. The highest BCUT2D eigenvalue weighted by molar-refractivity contribution is 7.80. The quantitative estimate of drug-likeness (QED) is 0.211. The summed E-state index contributed by atoms with van der Waals surface area (Å²) in [6.45, 7) is -0.00644. The second-order valence-corrected chi connectivity index (χ2v) is 5.14. The second-order valence-electron chi connectivity index (χ2n) is 4.09. The van der Waals surface area contributed by atoms with Crippen LogP contribution in [0, 0.1) is 0 Å². The van der Waals surface area contributed by atoms with Crippen LogP contribution in [-0.2, 0) is 19.4 Å². The number of nitrogens with one attached hydrogen (secondary N) is 1. The lowest BCUT2D eigenvalue weighted by Gasteiger charge is -2.21. The van der Waals surface area contributed by atoms with Crippen molar-refractivity contribution in [2.75, 3.05) is 34.4 Å². The molecule has 7 nitrogen and oxygen atoms in total. The molecule has 0 radical (unpaired) electrons. The maximum absolute atomic E-state index is 11.0. The number of hydrogen-bond acceptors (Lipinski definition) is 5. The molecule has 0 aliphatic carbocycles. The predicted octanol–water partition coefficient (Wildman–Crippen LogP) is -1.20. The van der Waals surface area contributed by atoms with Gasteiger partial charge in [0, 0.05) is 6.08 Å². The first kappa shape index (κ1) is 15.0. The van der Waals surface area contributed by atoms with Crippen molar-refractivity contribution >= 4 is 16.3 Å². The average Bonchev–Trinajstić information content (AvgIpc) is 1.98. The first-order valence-corrected chi connectivity index (χ1v) is 5.78. The van der Waals surface area contributed by atoms with Crippen molar-refractivity contribution in [3.8, 4) is 0 Å². The maximum atomic E-state index is 11.0. The molecule has 0 spiro atoms. The highest BCUT2D eigenvalue weighted by Gasteiger charge is 2.03. The van der Waals surface area contributed by atoms with Gasteiger partial charge in [-0.05, 0) is 6.08 Å². The number of nitrogens with zero attached hydrogens (tertiary/aromatic N) is 1. The van der Waals surface area contributed by atoms with E-state index in [9.17, 15) is 17.8 Å². The lowest BCUT2D eigenvalue weighted by molar-refractivity contribution is -0.864. The molecule has 0 rings (SSSR count). The molecule has 8 heteroatoms. The summed E-state index contributed by atoms with van der Waals surface area (Å²) in [5.74, 6) is -0.517. The SMILES string of the molecule is C[N+](C)(C)CC=CC(=O)NCOS(=O)(=O)[O-]. The molecule has 0 aromatic rings. The van der Waals surface area contributed by atoms with Crippen molar-refractivity contribution in [3.05, 3.63) is 12.2 Å². The number of hydrogen-bond donors (Lipinski definition) is 1. The van der Waals surface area contributed by atoms with E-state index in [4.69, 9.17) is 0 Å². The summed E-state index contributed by atoms with van der Waals surface area (Å²) in [5, 5.41) is 2.09. The summed E-state index contributed by atoms with van der Waals surface area (Å²) in [4.78, 5) is 11.0. The fraction of sp³-hybridized carbons (Fsp3) is 0.625. The van der Waals surface area contributed by atoms with Crippen LogP contribution in [0.2, 0.25) is 0 Å². The van der Waals surface area contributed by atoms with Crippen LogP contribution in [0.15, 0.2) is 12.2 Å². The number of carbonyl (C=O) groups is 1. The van der Waals surface area contributed by atoms with Crippen LogP contribution in [0.3, 0.4) is 0 Å². The van der Waals surface area contributed by atoms with E-state index < -0.39 is 23.0 Å². The van der Waals surface area contributed by atoms with Gasteiger partial charge in [-0.2, -0.15) is 0 Å². The van der Waals surface area contributed by atoms with Crippen LogP contribution in [0.25, 0.3) is 0 Å². The highest BCUT2D eigenvalue weighted by atomic mass is 32.3. The molecule has 1 amide bonds. The van der Waals surface area contributed by atoms with Gasteiger partial charge >= 0.3 is 0 Å². The Bertz CT molecular complexity index is 355. The normalized spacial score (nSPS) is 13.0. The zero-order valence-electron chi connectivity index (χ0n) is 9.47. The maximum Gasteiger partial charge on any atom is 0.245 e. The first-order valence-electron chi connectivity index (χ1n) is 4.45. The molecule has 16 heavy (non-hydrogen) atoms. The second kappa shape index (κ2) is 5.94. The molecule has 0 fully saturated rings. The fourth-order valence-electron chi connectivity index (χ4n) is 0.708. The van der Waals surface area contributed by atoms with Crippen molar-refractivity contribution in [2.24, 2.45) is 0 Å². The van der Waals surface area contributed by atoms with E-state index in [-0.39, 0.29) is 0 Å². The molecule has 0 saturated carbocycles. The standard InChI is InChI=1S/C8H16N2O5S/c1-10(2,3)6-4-5-8(11)9-7-15-16(12,13)14/h4-5H,6-7H2,1-3H3,(H-,9,11,12,13,14). The topological polar surface area (TPSA) is 95.5 Å². The van der Waals surface area contributed by atoms with E-state index in [1.807, 2.05) is 21.1 Å². The van der Waals surface area contributed by atoms with Gasteiger partial charge < -0.3 is 14.4 Å². The van der Waals surface area contributed by atoms with E-state index >= 15 is 0 Å². The van der Waals surface area contributed by atoms with Gasteiger partial charge in [0.1, 0.15) is 6.73 Å². The summed E-state index contributed by atoms with van der Waals surface area (Å²) in [6.07, 6.45) is 2.89. The monoisotopic (exact) mass is 252 g/mol. The number of likely N-dealkylation sites (N-methyl/N-ethyl adjacent to an activating group) is 1. The molecule has 0 aliphatic heterocycles. The molecular formula is C8H16N2O5S. The minimum absolute atomic E-state index is 0.517. The minimum Gasteiger partial charge on any atom is -0.725 e. The summed E-state index contributed by atoms with van der Waals surface area (Å²) in [7, 11) is 1.11. The Balaban J connectivity index is 3.84. The van der Waals surface area contributed by atoms with Crippen LogP contribution in [-0.4, -0.2) is 57.8 Å². The summed E-state index contributed by atoms with van der Waals surface area (Å²) < 4.78 is 34.5. The van der Waals surface area contributed by atoms with Crippen molar-refractivity contribution in [3.63, 3.8) is 0 Å². The zero-order chi connectivity index (χ0) is 12.8. The van der Waals surface area contributed by atoms with Gasteiger partial charge in [0.15, 0.2) is 0 Å². The van der Waals surface area contributed by atoms with E-state index in [1.165, 1.54) is 6.08 Å². The summed E-state index contributed by atoms with van der Waals surface area (Å²) in [6, 6.07) is 0. The van der Waals surface area contributed by atoms with Crippen LogP contribution >= 0.6 is 0 Å². The molecule has 0 aromatic carbocycles. The number of carbonyl (C=O) groups excluding carboxylic acids is 1. The van der Waals surface area contributed by atoms with Gasteiger partial charge in [0.25, 0.3) is 0 Å². The molecule has 0 aliphatic rings. The van der Waals surface area contributed by atoms with Crippen molar-refractivity contribution in [1.82, 2.24) is 5.32 Å². The molecule has 0 bridgehead atoms. The number of quaternary nitrogens is 1. The van der Waals surface area contributed by atoms with E-state index in [2.05, 4.69) is 9.50 Å². The lowest BCUT2D eigenvalue weighted by Crippen LogP contribution is -2.34. The van der Waals surface area contributed by atoms with Crippen LogP contribution < -0.4 is 5.32 Å². The smallest absolute Gasteiger partial charge is 0.245 e. The Morgan fingerprint density at radius 2 is 2.00 bits per heavy atom. The third kappa shape index (κ3) is 11.1. The number of amides is 1. The largest absolute Gasteiger partial charge is 0.725 e. The van der Waals surface area contributed by atoms with Gasteiger partial charge in [-0.1, -0.05) is 0 Å². The van der Waals surface area contributed by atoms with Crippen molar-refractivity contribution < 1.29 is 26.4 Å². The zero-order valence-corrected chi connectivity index (χ0v) is 10.3. The molecule has 0 aromatic heterocycles. The third-order valence-corrected chi connectivity index (χ3v) is 1.78. The summed E-state index contributed by atoms with van der Waals surface area (Å²) >= 11 is 0. The van der Waals surface area contributed by atoms with Crippen LogP contribution in [0.1, 0.15) is 0 Å². The molecular weight excluding hydrogens is 236 g/mol. The first-order chi connectivity index (χ1) is 7.10. The van der Waals surface area contributed by atoms with Gasteiger partial charge in [0.05, 0.1) is 27.7 Å². The highest BCUT2D eigenvalue weighted by Crippen LogP contribution is 1.89. The van der Waals surface area contributed by atoms with E-state index in [0.29, 0.717) is 11.0 Å². The van der Waals surface area contributed by atoms with Gasteiger partial charge in [-0.25, -0.2) is 8.42 Å². The van der Waals surface area contributed by atoms with Crippen LogP contribution in [0.4, 0.5) is 0 Å².